The molecule has 1 aliphatic rings. The Morgan fingerprint density at radius 2 is 1.19 bits per heavy atom. The fourth-order valence-corrected chi connectivity index (χ4v) is 6.56. The van der Waals surface area contributed by atoms with Gasteiger partial charge in [0.25, 0.3) is 0 Å². The summed E-state index contributed by atoms with van der Waals surface area (Å²) in [6.07, 6.45) is 8.25. The first kappa shape index (κ1) is 31.6. The molecule has 208 valence electrons. The van der Waals surface area contributed by atoms with Gasteiger partial charge < -0.3 is 13.8 Å². The second-order valence-corrected chi connectivity index (χ2v) is 24.2. The second-order valence-electron chi connectivity index (χ2n) is 14.5. The van der Waals surface area contributed by atoms with Crippen molar-refractivity contribution in [3.05, 3.63) is 29.8 Å². The zero-order chi connectivity index (χ0) is 27.2. The van der Waals surface area contributed by atoms with Crippen molar-refractivity contribution in [1.29, 1.82) is 0 Å². The van der Waals surface area contributed by atoms with Crippen molar-refractivity contribution < 1.29 is 8.85 Å². The molecule has 0 aliphatic heterocycles. The molecule has 0 saturated heterocycles. The molecular weight excluding hydrogens is 475 g/mol. The summed E-state index contributed by atoms with van der Waals surface area (Å²) in [6.45, 7) is 29.1. The predicted molar refractivity (Wildman–Crippen MR) is 164 cm³/mol. The molecule has 3 nitrogen and oxygen atoms in total. The van der Waals surface area contributed by atoms with Gasteiger partial charge in [-0.25, -0.2) is 0 Å². The zero-order valence-corrected chi connectivity index (χ0v) is 27.8. The van der Waals surface area contributed by atoms with Crippen LogP contribution in [-0.2, 0) is 15.3 Å². The topological polar surface area (TPSA) is 21.7 Å². The van der Waals surface area contributed by atoms with Gasteiger partial charge in [0, 0.05) is 18.8 Å². The molecule has 0 amide bonds. The highest BCUT2D eigenvalue weighted by molar-refractivity contribution is 6.74. The Labute approximate surface area is 227 Å². The smallest absolute Gasteiger partial charge is 0.192 e. The van der Waals surface area contributed by atoms with Gasteiger partial charge in [-0.1, -0.05) is 86.3 Å². The molecule has 1 aliphatic carbocycles. The van der Waals surface area contributed by atoms with Crippen LogP contribution >= 0.6 is 0 Å². The number of aryl methyl sites for hydroxylation is 1. The van der Waals surface area contributed by atoms with E-state index < -0.39 is 16.6 Å². The molecule has 5 heteroatoms. The van der Waals surface area contributed by atoms with Gasteiger partial charge in [0.15, 0.2) is 16.6 Å². The summed E-state index contributed by atoms with van der Waals surface area (Å²) in [4.78, 5) is 2.48. The lowest BCUT2D eigenvalue weighted by Gasteiger charge is -2.38. The molecule has 0 N–H and O–H groups in total. The minimum absolute atomic E-state index is 0.237. The van der Waals surface area contributed by atoms with E-state index in [-0.39, 0.29) is 10.1 Å². The molecule has 0 atom stereocenters. The molecular formula is C31H59NO2Si2. The second kappa shape index (κ2) is 12.9. The van der Waals surface area contributed by atoms with Gasteiger partial charge in [-0.15, -0.1) is 0 Å². The van der Waals surface area contributed by atoms with E-state index in [1.807, 2.05) is 0 Å². The van der Waals surface area contributed by atoms with E-state index in [2.05, 4.69) is 104 Å². The van der Waals surface area contributed by atoms with Gasteiger partial charge in [-0.05, 0) is 78.6 Å². The summed E-state index contributed by atoms with van der Waals surface area (Å²) in [5.41, 5.74) is 2.77. The fraction of sp³-hybridized carbons (Fsp3) is 0.806. The van der Waals surface area contributed by atoms with E-state index in [0.29, 0.717) is 0 Å². The SMILES string of the molecule is CC1CCC(CCc2ccc(N(CCO[Si](C)(C)C(C)(C)C)CCO[Si](C)(C)C(C)(C)C)cc2)CC1. The summed E-state index contributed by atoms with van der Waals surface area (Å²) < 4.78 is 13.1. The maximum atomic E-state index is 6.55. The molecule has 1 saturated carbocycles. The Kier molecular flexibility index (Phi) is 11.4. The van der Waals surface area contributed by atoms with Crippen LogP contribution < -0.4 is 4.90 Å². The van der Waals surface area contributed by atoms with Crippen LogP contribution in [0.5, 0.6) is 0 Å². The molecule has 0 unspecified atom stereocenters. The van der Waals surface area contributed by atoms with Crippen molar-refractivity contribution in [3.63, 3.8) is 0 Å². The van der Waals surface area contributed by atoms with Crippen LogP contribution in [0.1, 0.15) is 86.1 Å². The maximum absolute atomic E-state index is 6.55. The van der Waals surface area contributed by atoms with Crippen LogP contribution in [0, 0.1) is 11.8 Å². The van der Waals surface area contributed by atoms with Crippen LogP contribution in [0.15, 0.2) is 24.3 Å². The quantitative estimate of drug-likeness (QED) is 0.250. The van der Waals surface area contributed by atoms with E-state index >= 15 is 0 Å². The van der Waals surface area contributed by atoms with Crippen molar-refractivity contribution in [1.82, 2.24) is 0 Å². The summed E-state index contributed by atoms with van der Waals surface area (Å²) in [7, 11) is -3.50. The van der Waals surface area contributed by atoms with Crippen molar-refractivity contribution >= 4 is 22.3 Å². The monoisotopic (exact) mass is 533 g/mol. The molecule has 0 heterocycles. The third-order valence-electron chi connectivity index (χ3n) is 9.54. The van der Waals surface area contributed by atoms with Gasteiger partial charge in [0.2, 0.25) is 0 Å². The maximum Gasteiger partial charge on any atom is 0.192 e. The van der Waals surface area contributed by atoms with Gasteiger partial charge in [-0.2, -0.15) is 0 Å². The lowest BCUT2D eigenvalue weighted by atomic mass is 9.80. The summed E-state index contributed by atoms with van der Waals surface area (Å²) in [5.74, 6) is 1.87. The lowest BCUT2D eigenvalue weighted by molar-refractivity contribution is 0.276. The van der Waals surface area contributed by atoms with Crippen molar-refractivity contribution in [2.45, 2.75) is 123 Å². The van der Waals surface area contributed by atoms with E-state index in [0.717, 1.165) is 38.1 Å². The number of benzene rings is 1. The average molecular weight is 534 g/mol. The molecule has 2 rings (SSSR count). The number of nitrogens with zero attached hydrogens (tertiary/aromatic N) is 1. The summed E-state index contributed by atoms with van der Waals surface area (Å²) in [6, 6.07) is 9.38. The largest absolute Gasteiger partial charge is 0.415 e. The minimum atomic E-state index is -1.75. The third kappa shape index (κ3) is 9.60. The number of hydrogen-bond donors (Lipinski definition) is 0. The lowest BCUT2D eigenvalue weighted by Crippen LogP contribution is -2.44. The Bertz CT molecular complexity index is 737. The van der Waals surface area contributed by atoms with Crippen LogP contribution in [0.4, 0.5) is 5.69 Å². The van der Waals surface area contributed by atoms with Crippen LogP contribution in [0.25, 0.3) is 0 Å². The van der Waals surface area contributed by atoms with Gasteiger partial charge in [0.1, 0.15) is 0 Å². The number of anilines is 1. The molecule has 0 radical (unpaired) electrons. The van der Waals surface area contributed by atoms with E-state index in [4.69, 9.17) is 8.85 Å². The minimum Gasteiger partial charge on any atom is -0.415 e. The van der Waals surface area contributed by atoms with Crippen molar-refractivity contribution in [2.75, 3.05) is 31.2 Å². The van der Waals surface area contributed by atoms with Gasteiger partial charge >= 0.3 is 0 Å². The van der Waals surface area contributed by atoms with Crippen LogP contribution in [0.3, 0.4) is 0 Å². The summed E-state index contributed by atoms with van der Waals surface area (Å²) in [5, 5.41) is 0.475. The molecule has 0 aromatic heterocycles. The highest BCUT2D eigenvalue weighted by Crippen LogP contribution is 2.37. The highest BCUT2D eigenvalue weighted by Gasteiger charge is 2.38. The van der Waals surface area contributed by atoms with Crippen LogP contribution in [0.2, 0.25) is 36.3 Å². The Hall–Kier alpha value is -0.626. The van der Waals surface area contributed by atoms with Crippen molar-refractivity contribution in [3.8, 4) is 0 Å². The summed E-state index contributed by atoms with van der Waals surface area (Å²) >= 11 is 0. The van der Waals surface area contributed by atoms with Gasteiger partial charge in [-0.3, -0.25) is 0 Å². The molecule has 36 heavy (non-hydrogen) atoms. The first-order valence-corrected chi connectivity index (χ1v) is 20.5. The first-order chi connectivity index (χ1) is 16.5. The normalized spacial score (nSPS) is 20.0. The first-order valence-electron chi connectivity index (χ1n) is 14.6. The van der Waals surface area contributed by atoms with Crippen molar-refractivity contribution in [2.24, 2.45) is 11.8 Å². The third-order valence-corrected chi connectivity index (χ3v) is 18.6. The molecule has 0 bridgehead atoms. The van der Waals surface area contributed by atoms with E-state index in [1.165, 1.54) is 49.8 Å². The molecule has 0 spiro atoms. The zero-order valence-electron chi connectivity index (χ0n) is 25.8. The Balaban J connectivity index is 2.00. The Morgan fingerprint density at radius 1 is 0.750 bits per heavy atom. The molecule has 1 aromatic rings. The predicted octanol–water partition coefficient (Wildman–Crippen LogP) is 9.30. The number of hydrogen-bond acceptors (Lipinski definition) is 3. The Morgan fingerprint density at radius 3 is 1.61 bits per heavy atom. The number of rotatable bonds is 12. The van der Waals surface area contributed by atoms with Gasteiger partial charge in [0.05, 0.1) is 13.2 Å². The van der Waals surface area contributed by atoms with Crippen LogP contribution in [-0.4, -0.2) is 42.9 Å². The van der Waals surface area contributed by atoms with E-state index in [1.54, 1.807) is 0 Å². The standard InChI is InChI=1S/C31H59NO2Si2/c1-26-12-14-27(15-13-26)16-17-28-18-20-29(21-19-28)32(22-24-33-35(8,9)30(2,3)4)23-25-34-36(10,11)31(5,6)7/h18-21,26-27H,12-17,22-25H2,1-11H3. The highest BCUT2D eigenvalue weighted by atomic mass is 28.4. The molecule has 1 fully saturated rings. The van der Waals surface area contributed by atoms with E-state index in [9.17, 15) is 0 Å². The average Bonchev–Trinajstić information content (AvgIpc) is 2.76. The fourth-order valence-electron chi connectivity index (χ4n) is 4.49. The molecule has 1 aromatic carbocycles.